The highest BCUT2D eigenvalue weighted by Gasteiger charge is 2.31. The zero-order chi connectivity index (χ0) is 9.72. The number of aliphatic hydroxyl groups is 1. The molecule has 2 nitrogen and oxygen atoms in total. The number of alkyl halides is 1. The van der Waals surface area contributed by atoms with Crippen LogP contribution in [0.4, 0.5) is 4.39 Å². The van der Waals surface area contributed by atoms with Crippen LogP contribution in [0.3, 0.4) is 0 Å². The molecule has 12 heavy (non-hydrogen) atoms. The van der Waals surface area contributed by atoms with E-state index in [1.165, 1.54) is 0 Å². The van der Waals surface area contributed by atoms with Crippen LogP contribution in [0.1, 0.15) is 27.2 Å². The number of nitrogens with zero attached hydrogens (tertiary/aromatic N) is 1. The monoisotopic (exact) mass is 177 g/mol. The maximum Gasteiger partial charge on any atom is 0.114 e. The Balaban J connectivity index is 0.000000561. The first-order chi connectivity index (χ1) is 5.61. The molecule has 0 amide bonds. The van der Waals surface area contributed by atoms with Crippen molar-refractivity contribution in [2.24, 2.45) is 0 Å². The van der Waals surface area contributed by atoms with E-state index in [9.17, 15) is 4.39 Å². The predicted octanol–water partition coefficient (Wildman–Crippen LogP) is 1.44. The number of likely N-dealkylation sites (N-methyl/N-ethyl adjacent to an activating group) is 1. The van der Waals surface area contributed by atoms with E-state index in [1.807, 2.05) is 25.8 Å². The van der Waals surface area contributed by atoms with E-state index in [0.29, 0.717) is 13.0 Å². The van der Waals surface area contributed by atoms with Crippen LogP contribution >= 0.6 is 0 Å². The molecule has 1 aliphatic rings. The summed E-state index contributed by atoms with van der Waals surface area (Å²) in [5, 5.41) is 9.13. The maximum absolute atomic E-state index is 12.6. The molecule has 3 heteroatoms. The fourth-order valence-electron chi connectivity index (χ4n) is 1.53. The first-order valence-electron chi connectivity index (χ1n) is 4.63. The molecule has 1 heterocycles. The Morgan fingerprint density at radius 2 is 2.00 bits per heavy atom. The summed E-state index contributed by atoms with van der Waals surface area (Å²) in [5.41, 5.74) is 0. The lowest BCUT2D eigenvalue weighted by Gasteiger charge is -2.20. The summed E-state index contributed by atoms with van der Waals surface area (Å²) < 4.78 is 12.6. The van der Waals surface area contributed by atoms with Gasteiger partial charge in [0.05, 0.1) is 6.10 Å². The summed E-state index contributed by atoms with van der Waals surface area (Å²) in [7, 11) is 1.84. The second-order valence-corrected chi connectivity index (χ2v) is 3.08. The van der Waals surface area contributed by atoms with Crippen molar-refractivity contribution in [2.75, 3.05) is 13.6 Å². The molecule has 0 spiro atoms. The van der Waals surface area contributed by atoms with Gasteiger partial charge in [0.25, 0.3) is 0 Å². The maximum atomic E-state index is 12.6. The molecular weight excluding hydrogens is 157 g/mol. The molecule has 0 bridgehead atoms. The number of rotatable bonds is 1. The van der Waals surface area contributed by atoms with Crippen LogP contribution in [0, 0.1) is 0 Å². The van der Waals surface area contributed by atoms with E-state index in [0.717, 1.165) is 0 Å². The predicted molar refractivity (Wildman–Crippen MR) is 49.0 cm³/mol. The van der Waals surface area contributed by atoms with Crippen LogP contribution in [0.15, 0.2) is 0 Å². The van der Waals surface area contributed by atoms with Gasteiger partial charge in [-0.1, -0.05) is 13.8 Å². The van der Waals surface area contributed by atoms with Gasteiger partial charge in [-0.2, -0.15) is 0 Å². The first kappa shape index (κ1) is 11.8. The van der Waals surface area contributed by atoms with E-state index >= 15 is 0 Å². The van der Waals surface area contributed by atoms with E-state index in [1.54, 1.807) is 6.92 Å². The van der Waals surface area contributed by atoms with Gasteiger partial charge in [-0.05, 0) is 20.4 Å². The van der Waals surface area contributed by atoms with Crippen molar-refractivity contribution in [3.8, 4) is 0 Å². The van der Waals surface area contributed by atoms with Crippen molar-refractivity contribution in [3.05, 3.63) is 0 Å². The summed E-state index contributed by atoms with van der Waals surface area (Å²) >= 11 is 0. The van der Waals surface area contributed by atoms with Gasteiger partial charge in [-0.25, -0.2) is 4.39 Å². The average Bonchev–Trinajstić information content (AvgIpc) is 2.34. The lowest BCUT2D eigenvalue weighted by molar-refractivity contribution is 0.101. The van der Waals surface area contributed by atoms with Crippen LogP contribution in [-0.4, -0.2) is 41.9 Å². The Morgan fingerprint density at radius 1 is 1.50 bits per heavy atom. The average molecular weight is 177 g/mol. The van der Waals surface area contributed by atoms with E-state index in [2.05, 4.69) is 0 Å². The fourth-order valence-corrected chi connectivity index (χ4v) is 1.53. The van der Waals surface area contributed by atoms with Gasteiger partial charge in [0.2, 0.25) is 0 Å². The molecule has 0 aromatic rings. The standard InChI is InChI=1S/C7H14FNO.C2H6/c1-5(10)7-3-6(8)4-9(7)2;1-2/h5-7,10H,3-4H2,1-2H3;1-2H3/t5-,6?,7-;/m0./s1. The lowest BCUT2D eigenvalue weighted by atomic mass is 10.1. The SMILES string of the molecule is CC.C[C@H](O)[C@@H]1CC(F)CN1C. The minimum atomic E-state index is -0.746. The van der Waals surface area contributed by atoms with Crippen molar-refractivity contribution in [1.82, 2.24) is 4.90 Å². The number of halogens is 1. The Morgan fingerprint density at radius 3 is 2.17 bits per heavy atom. The molecule has 1 rings (SSSR count). The smallest absolute Gasteiger partial charge is 0.114 e. The van der Waals surface area contributed by atoms with E-state index in [4.69, 9.17) is 5.11 Å². The Bertz CT molecular complexity index is 119. The molecule has 0 saturated carbocycles. The van der Waals surface area contributed by atoms with Crippen LogP contribution in [0.2, 0.25) is 0 Å². The van der Waals surface area contributed by atoms with Crippen molar-refractivity contribution in [3.63, 3.8) is 0 Å². The summed E-state index contributed by atoms with van der Waals surface area (Å²) in [6.07, 6.45) is -0.677. The van der Waals surface area contributed by atoms with Crippen molar-refractivity contribution >= 4 is 0 Å². The van der Waals surface area contributed by atoms with Gasteiger partial charge in [-0.3, -0.25) is 4.90 Å². The highest BCUT2D eigenvalue weighted by molar-refractivity contribution is 4.86. The molecule has 1 aliphatic heterocycles. The second kappa shape index (κ2) is 5.49. The van der Waals surface area contributed by atoms with Gasteiger partial charge in [0.1, 0.15) is 6.17 Å². The quantitative estimate of drug-likeness (QED) is 0.655. The molecule has 1 saturated heterocycles. The summed E-state index contributed by atoms with van der Waals surface area (Å²) in [4.78, 5) is 1.87. The molecule has 1 unspecified atom stereocenters. The molecule has 1 fully saturated rings. The van der Waals surface area contributed by atoms with Gasteiger partial charge in [0.15, 0.2) is 0 Å². The van der Waals surface area contributed by atoms with Gasteiger partial charge in [0, 0.05) is 12.6 Å². The zero-order valence-electron chi connectivity index (χ0n) is 8.42. The fraction of sp³-hybridized carbons (Fsp3) is 1.00. The summed E-state index contributed by atoms with van der Waals surface area (Å²) in [6.45, 7) is 6.18. The highest BCUT2D eigenvalue weighted by Crippen LogP contribution is 2.20. The zero-order valence-corrected chi connectivity index (χ0v) is 8.42. The first-order valence-corrected chi connectivity index (χ1v) is 4.63. The number of aliphatic hydroxyl groups excluding tert-OH is 1. The second-order valence-electron chi connectivity index (χ2n) is 3.08. The van der Waals surface area contributed by atoms with Crippen LogP contribution in [0.5, 0.6) is 0 Å². The summed E-state index contributed by atoms with van der Waals surface area (Å²) in [5.74, 6) is 0. The number of hydrogen-bond donors (Lipinski definition) is 1. The molecule has 0 aromatic carbocycles. The third kappa shape index (κ3) is 3.07. The highest BCUT2D eigenvalue weighted by atomic mass is 19.1. The van der Waals surface area contributed by atoms with Gasteiger partial charge < -0.3 is 5.11 Å². The van der Waals surface area contributed by atoms with Crippen molar-refractivity contribution < 1.29 is 9.50 Å². The minimum absolute atomic E-state index is 0.0231. The largest absolute Gasteiger partial charge is 0.392 e. The molecule has 0 radical (unpaired) electrons. The lowest BCUT2D eigenvalue weighted by Crippen LogP contribution is -2.34. The molecular formula is C9H20FNO. The Hall–Kier alpha value is -0.150. The Labute approximate surface area is 74.4 Å². The molecule has 3 atom stereocenters. The van der Waals surface area contributed by atoms with Gasteiger partial charge in [-0.15, -0.1) is 0 Å². The molecule has 0 aliphatic carbocycles. The minimum Gasteiger partial charge on any atom is -0.392 e. The summed E-state index contributed by atoms with van der Waals surface area (Å²) in [6, 6.07) is 0.0231. The molecule has 0 aromatic heterocycles. The third-order valence-electron chi connectivity index (χ3n) is 2.11. The van der Waals surface area contributed by atoms with Crippen LogP contribution in [0.25, 0.3) is 0 Å². The third-order valence-corrected chi connectivity index (χ3v) is 2.11. The number of hydrogen-bond acceptors (Lipinski definition) is 2. The molecule has 1 N–H and O–H groups in total. The topological polar surface area (TPSA) is 23.5 Å². The van der Waals surface area contributed by atoms with Crippen LogP contribution < -0.4 is 0 Å². The van der Waals surface area contributed by atoms with E-state index in [-0.39, 0.29) is 6.04 Å². The van der Waals surface area contributed by atoms with Crippen molar-refractivity contribution in [1.29, 1.82) is 0 Å². The van der Waals surface area contributed by atoms with Crippen LogP contribution in [-0.2, 0) is 0 Å². The molecule has 74 valence electrons. The van der Waals surface area contributed by atoms with Crippen molar-refractivity contribution in [2.45, 2.75) is 45.5 Å². The normalized spacial score (nSPS) is 32.5. The number of likely N-dealkylation sites (tertiary alicyclic amines) is 1. The van der Waals surface area contributed by atoms with Gasteiger partial charge >= 0.3 is 0 Å². The Kier molecular flexibility index (Phi) is 5.42. The van der Waals surface area contributed by atoms with E-state index < -0.39 is 12.3 Å².